The van der Waals surface area contributed by atoms with Gasteiger partial charge >= 0.3 is 17.9 Å². The van der Waals surface area contributed by atoms with Gasteiger partial charge in [0.25, 0.3) is 0 Å². The van der Waals surface area contributed by atoms with Crippen molar-refractivity contribution in [2.75, 3.05) is 0 Å². The average Bonchev–Trinajstić information content (AvgIpc) is 1.80. The van der Waals surface area contributed by atoms with E-state index in [1.165, 1.54) is 0 Å². The number of hydrogen-bond acceptors (Lipinski definition) is 6. The van der Waals surface area contributed by atoms with Crippen molar-refractivity contribution in [1.82, 2.24) is 0 Å². The van der Waals surface area contributed by atoms with Gasteiger partial charge in [0.15, 0.2) is 0 Å². The lowest BCUT2D eigenvalue weighted by Gasteiger charge is -2.08. The molecule has 0 amide bonds. The molecule has 0 spiro atoms. The Bertz CT molecular complexity index is 192. The summed E-state index contributed by atoms with van der Waals surface area (Å²) in [7, 11) is 0. The van der Waals surface area contributed by atoms with Crippen molar-refractivity contribution in [2.45, 2.75) is 20.8 Å². The van der Waals surface area contributed by atoms with Crippen LogP contribution in [0.15, 0.2) is 0 Å². The SMILES string of the molecule is CC(=O)O[NH+](OC(C)=O)OC(C)=O.[BH4-]. The number of carbonyl (C=O) groups excluding carboxylic acids is 3. The molecule has 14 heavy (non-hydrogen) atoms. The quantitative estimate of drug-likeness (QED) is 0.388. The van der Waals surface area contributed by atoms with E-state index >= 15 is 0 Å². The first-order valence-electron chi connectivity index (χ1n) is 3.34. The van der Waals surface area contributed by atoms with Crippen LogP contribution in [0.5, 0.6) is 0 Å². The summed E-state index contributed by atoms with van der Waals surface area (Å²) >= 11 is 0. The summed E-state index contributed by atoms with van der Waals surface area (Å²) in [5.41, 5.74) is 0. The summed E-state index contributed by atoms with van der Waals surface area (Å²) in [5, 5.41) is -0.771. The van der Waals surface area contributed by atoms with Crippen LogP contribution in [0.25, 0.3) is 0 Å². The van der Waals surface area contributed by atoms with Crippen molar-refractivity contribution in [2.24, 2.45) is 0 Å². The normalized spacial score (nSPS) is 8.57. The Balaban J connectivity index is 0. The molecule has 0 heterocycles. The number of rotatable bonds is 3. The molecule has 82 valence electrons. The van der Waals surface area contributed by atoms with Gasteiger partial charge in [-0.05, 0) is 0 Å². The third kappa shape index (κ3) is 8.53. The van der Waals surface area contributed by atoms with Crippen molar-refractivity contribution in [3.05, 3.63) is 0 Å². The van der Waals surface area contributed by atoms with Gasteiger partial charge in [-0.1, -0.05) is 8.41 Å². The van der Waals surface area contributed by atoms with Gasteiger partial charge in [0.2, 0.25) is 5.39 Å². The Morgan fingerprint density at radius 3 is 1.14 bits per heavy atom. The van der Waals surface area contributed by atoms with Crippen molar-refractivity contribution in [1.29, 1.82) is 0 Å². The summed E-state index contributed by atoms with van der Waals surface area (Å²) in [6, 6.07) is 0. The smallest absolute Gasteiger partial charge is 0.245 e. The van der Waals surface area contributed by atoms with Crippen LogP contribution in [0.1, 0.15) is 20.8 Å². The largest absolute Gasteiger partial charge is 0.375 e. The molecule has 0 atom stereocenters. The molecule has 0 aromatic heterocycles. The summed E-state index contributed by atoms with van der Waals surface area (Å²) in [6.07, 6.45) is 0. The van der Waals surface area contributed by atoms with Crippen molar-refractivity contribution >= 4 is 26.3 Å². The van der Waals surface area contributed by atoms with Crippen LogP contribution in [-0.4, -0.2) is 26.3 Å². The van der Waals surface area contributed by atoms with E-state index in [0.717, 1.165) is 20.8 Å². The molecular formula is C6H14BNO6. The van der Waals surface area contributed by atoms with Gasteiger partial charge in [-0.3, -0.25) is 0 Å². The number of nitrogens with one attached hydrogen (secondary N) is 1. The van der Waals surface area contributed by atoms with E-state index in [1.54, 1.807) is 0 Å². The summed E-state index contributed by atoms with van der Waals surface area (Å²) in [4.78, 5) is 44.0. The zero-order valence-corrected chi connectivity index (χ0v) is 7.45. The minimum absolute atomic E-state index is 0. The fourth-order valence-corrected chi connectivity index (χ4v) is 0.415. The van der Waals surface area contributed by atoms with E-state index in [4.69, 9.17) is 0 Å². The standard InChI is InChI=1S/C6H10NO6.BH4/c1-4(8)11-7(12-5(2)9)13-6(3)10;/h7H,1-3H3;1H4/q+1;-1. The summed E-state index contributed by atoms with van der Waals surface area (Å²) in [6.45, 7) is 3.23. The third-order valence-corrected chi connectivity index (χ3v) is 0.681. The average molecular weight is 207 g/mol. The van der Waals surface area contributed by atoms with Crippen LogP contribution in [0, 0.1) is 0 Å². The second-order valence-electron chi connectivity index (χ2n) is 2.03. The molecule has 0 aliphatic carbocycles. The lowest BCUT2D eigenvalue weighted by molar-refractivity contribution is -1.34. The molecule has 0 aromatic carbocycles. The number of hydrogen-bond donors (Lipinski definition) is 1. The first-order chi connectivity index (χ1) is 5.91. The molecule has 7 nitrogen and oxygen atoms in total. The minimum atomic E-state index is -0.771. The highest BCUT2D eigenvalue weighted by Crippen LogP contribution is 1.71. The van der Waals surface area contributed by atoms with Gasteiger partial charge in [-0.15, -0.1) is 0 Å². The van der Waals surface area contributed by atoms with Crippen molar-refractivity contribution in [3.63, 3.8) is 0 Å². The minimum Gasteiger partial charge on any atom is -0.245 e. The van der Waals surface area contributed by atoms with Gasteiger partial charge in [-0.2, -0.15) is 14.5 Å². The molecule has 0 aliphatic heterocycles. The maximum Gasteiger partial charge on any atom is 0.375 e. The van der Waals surface area contributed by atoms with Crippen LogP contribution in [0.2, 0.25) is 0 Å². The highest BCUT2D eigenvalue weighted by atomic mass is 17.2. The second kappa shape index (κ2) is 6.90. The molecule has 1 N–H and O–H groups in total. The highest BCUT2D eigenvalue weighted by Gasteiger charge is 2.20. The lowest BCUT2D eigenvalue weighted by Crippen LogP contribution is -3.10. The lowest BCUT2D eigenvalue weighted by atomic mass is 10.8. The second-order valence-corrected chi connectivity index (χ2v) is 2.03. The molecular weight excluding hydrogens is 193 g/mol. The maximum absolute atomic E-state index is 10.4. The molecule has 8 heteroatoms. The van der Waals surface area contributed by atoms with Crippen LogP contribution in [-0.2, 0) is 28.9 Å². The molecule has 0 unspecified atom stereocenters. The first-order valence-corrected chi connectivity index (χ1v) is 3.34. The maximum atomic E-state index is 10.4. The molecule has 0 fully saturated rings. The van der Waals surface area contributed by atoms with E-state index in [-0.39, 0.29) is 8.41 Å². The Morgan fingerprint density at radius 1 is 0.786 bits per heavy atom. The zero-order chi connectivity index (χ0) is 10.4. The van der Waals surface area contributed by atoms with Crippen LogP contribution >= 0.6 is 0 Å². The molecule has 0 aliphatic rings. The Morgan fingerprint density at radius 2 is 1.00 bits per heavy atom. The third-order valence-electron chi connectivity index (χ3n) is 0.681. The van der Waals surface area contributed by atoms with Gasteiger partial charge < -0.3 is 0 Å². The van der Waals surface area contributed by atoms with Crippen molar-refractivity contribution < 1.29 is 34.3 Å². The van der Waals surface area contributed by atoms with E-state index in [9.17, 15) is 14.4 Å². The van der Waals surface area contributed by atoms with Crippen molar-refractivity contribution in [3.8, 4) is 0 Å². The fraction of sp³-hybridized carbons (Fsp3) is 0.500. The van der Waals surface area contributed by atoms with E-state index in [0.29, 0.717) is 0 Å². The number of quaternary nitrogens is 1. The predicted octanol–water partition coefficient (Wildman–Crippen LogP) is -3.15. The first kappa shape index (κ1) is 14.9. The van der Waals surface area contributed by atoms with Crippen LogP contribution in [0.3, 0.4) is 0 Å². The number of carbonyl (C=O) groups is 3. The Hall–Kier alpha value is -1.57. The van der Waals surface area contributed by atoms with E-state index < -0.39 is 23.3 Å². The van der Waals surface area contributed by atoms with E-state index in [2.05, 4.69) is 14.5 Å². The monoisotopic (exact) mass is 207 g/mol. The Kier molecular flexibility index (Phi) is 7.36. The van der Waals surface area contributed by atoms with Crippen LogP contribution in [0.4, 0.5) is 0 Å². The summed E-state index contributed by atoms with van der Waals surface area (Å²) < 4.78 is 0. The zero-order valence-electron chi connectivity index (χ0n) is 7.45. The topological polar surface area (TPSA) is 83.3 Å². The summed E-state index contributed by atoms with van der Waals surface area (Å²) in [5.74, 6) is -2.26. The fourth-order valence-electron chi connectivity index (χ4n) is 0.415. The molecule has 0 bridgehead atoms. The van der Waals surface area contributed by atoms with Gasteiger partial charge in [0.05, 0.1) is 0 Å². The molecule has 0 saturated carbocycles. The van der Waals surface area contributed by atoms with Gasteiger partial charge in [-0.25, -0.2) is 14.4 Å². The van der Waals surface area contributed by atoms with E-state index in [1.807, 2.05) is 0 Å². The Labute approximate surface area is 82.3 Å². The van der Waals surface area contributed by atoms with Gasteiger partial charge in [0.1, 0.15) is 0 Å². The molecule has 0 aromatic rings. The highest BCUT2D eigenvalue weighted by molar-refractivity contribution is 5.75. The molecule has 0 saturated heterocycles. The molecule has 0 radical (unpaired) electrons. The van der Waals surface area contributed by atoms with Gasteiger partial charge in [0, 0.05) is 20.8 Å². The van der Waals surface area contributed by atoms with Crippen LogP contribution < -0.4 is 5.39 Å². The molecule has 0 rings (SSSR count). The predicted molar refractivity (Wildman–Crippen MR) is 47.6 cm³/mol.